The standard InChI is InChI=1S/C27H32N4O/c1-5-6-14-30(4)18-20-8-7-9-22(15-20)26-16-24(21-10-12-23(32)13-11-21)25-17-28-31(19(2)3)27(25)29-26/h7-13,15-17,19,32H,5-6,14,18H2,1-4H3. The molecule has 4 aromatic rings. The first-order valence-electron chi connectivity index (χ1n) is 11.4. The summed E-state index contributed by atoms with van der Waals surface area (Å²) in [7, 11) is 2.18. The van der Waals surface area contributed by atoms with Crippen LogP contribution >= 0.6 is 0 Å². The zero-order valence-corrected chi connectivity index (χ0v) is 19.4. The summed E-state index contributed by atoms with van der Waals surface area (Å²) in [5.74, 6) is 0.261. The molecule has 0 fully saturated rings. The van der Waals surface area contributed by atoms with Crippen molar-refractivity contribution in [2.75, 3.05) is 13.6 Å². The van der Waals surface area contributed by atoms with Crippen LogP contribution in [0, 0.1) is 0 Å². The highest BCUT2D eigenvalue weighted by molar-refractivity contribution is 5.95. The number of benzene rings is 2. The second-order valence-electron chi connectivity index (χ2n) is 8.81. The third kappa shape index (κ3) is 4.68. The zero-order valence-electron chi connectivity index (χ0n) is 19.4. The van der Waals surface area contributed by atoms with E-state index in [4.69, 9.17) is 4.98 Å². The van der Waals surface area contributed by atoms with Gasteiger partial charge in [0.2, 0.25) is 0 Å². The fraction of sp³-hybridized carbons (Fsp3) is 0.333. The second-order valence-corrected chi connectivity index (χ2v) is 8.81. The number of hydrogen-bond donors (Lipinski definition) is 1. The summed E-state index contributed by atoms with van der Waals surface area (Å²) < 4.78 is 1.98. The molecule has 4 rings (SSSR count). The largest absolute Gasteiger partial charge is 0.508 e. The molecule has 0 aliphatic heterocycles. The molecular weight excluding hydrogens is 396 g/mol. The van der Waals surface area contributed by atoms with Gasteiger partial charge in [0.15, 0.2) is 5.65 Å². The lowest BCUT2D eigenvalue weighted by molar-refractivity contribution is 0.321. The van der Waals surface area contributed by atoms with Crippen LogP contribution in [0.3, 0.4) is 0 Å². The van der Waals surface area contributed by atoms with Crippen LogP contribution in [-0.2, 0) is 6.54 Å². The number of aromatic nitrogens is 3. The van der Waals surface area contributed by atoms with Gasteiger partial charge in [-0.05, 0) is 74.8 Å². The van der Waals surface area contributed by atoms with Crippen molar-refractivity contribution in [2.24, 2.45) is 0 Å². The Labute approximate surface area is 190 Å². The molecular formula is C27H32N4O. The Kier molecular flexibility index (Phi) is 6.56. The Morgan fingerprint density at radius 3 is 2.53 bits per heavy atom. The first-order valence-corrected chi connectivity index (χ1v) is 11.4. The van der Waals surface area contributed by atoms with Gasteiger partial charge in [0.05, 0.1) is 11.9 Å². The maximum absolute atomic E-state index is 9.75. The minimum atomic E-state index is 0.210. The molecule has 0 radical (unpaired) electrons. The van der Waals surface area contributed by atoms with Crippen LogP contribution in [0.25, 0.3) is 33.4 Å². The molecule has 0 amide bonds. The molecule has 0 unspecified atom stereocenters. The fourth-order valence-electron chi connectivity index (χ4n) is 4.07. The molecule has 0 aliphatic rings. The highest BCUT2D eigenvalue weighted by atomic mass is 16.3. The number of pyridine rings is 1. The average molecular weight is 429 g/mol. The SMILES string of the molecule is CCCCN(C)Cc1cccc(-c2cc(-c3ccc(O)cc3)c3cnn(C(C)C)c3n2)c1. The van der Waals surface area contributed by atoms with Crippen molar-refractivity contribution in [2.45, 2.75) is 46.2 Å². The minimum Gasteiger partial charge on any atom is -0.508 e. The maximum atomic E-state index is 9.75. The quantitative estimate of drug-likeness (QED) is 0.359. The Hall–Kier alpha value is -3.18. The van der Waals surface area contributed by atoms with Crippen molar-refractivity contribution in [1.29, 1.82) is 0 Å². The second kappa shape index (κ2) is 9.53. The van der Waals surface area contributed by atoms with Gasteiger partial charge in [0.25, 0.3) is 0 Å². The zero-order chi connectivity index (χ0) is 22.7. The van der Waals surface area contributed by atoms with Crippen molar-refractivity contribution >= 4 is 11.0 Å². The molecule has 0 aliphatic carbocycles. The van der Waals surface area contributed by atoms with Crippen LogP contribution in [0.5, 0.6) is 5.75 Å². The normalized spacial score (nSPS) is 11.7. The molecule has 0 atom stereocenters. The predicted molar refractivity (Wildman–Crippen MR) is 132 cm³/mol. The summed E-state index contributed by atoms with van der Waals surface area (Å²) in [5.41, 5.74) is 6.31. The number of phenols is 1. The number of unbranched alkanes of at least 4 members (excludes halogenated alkanes) is 1. The van der Waals surface area contributed by atoms with Crippen LogP contribution in [0.2, 0.25) is 0 Å². The number of fused-ring (bicyclic) bond motifs is 1. The van der Waals surface area contributed by atoms with Gasteiger partial charge in [-0.1, -0.05) is 43.7 Å². The van der Waals surface area contributed by atoms with Crippen LogP contribution in [0.4, 0.5) is 0 Å². The lowest BCUT2D eigenvalue weighted by Crippen LogP contribution is -2.18. The van der Waals surface area contributed by atoms with E-state index in [0.717, 1.165) is 46.5 Å². The van der Waals surface area contributed by atoms with Crippen molar-refractivity contribution in [1.82, 2.24) is 19.7 Å². The van der Waals surface area contributed by atoms with E-state index in [1.165, 1.54) is 18.4 Å². The topological polar surface area (TPSA) is 54.2 Å². The van der Waals surface area contributed by atoms with Gasteiger partial charge in [-0.2, -0.15) is 5.10 Å². The van der Waals surface area contributed by atoms with E-state index in [2.05, 4.69) is 68.1 Å². The molecule has 2 heterocycles. The number of hydrogen-bond acceptors (Lipinski definition) is 4. The number of aromatic hydroxyl groups is 1. The van der Waals surface area contributed by atoms with Gasteiger partial charge in [0, 0.05) is 23.5 Å². The van der Waals surface area contributed by atoms with Gasteiger partial charge in [-0.15, -0.1) is 0 Å². The van der Waals surface area contributed by atoms with Crippen LogP contribution in [-0.4, -0.2) is 38.4 Å². The minimum absolute atomic E-state index is 0.210. The molecule has 32 heavy (non-hydrogen) atoms. The lowest BCUT2D eigenvalue weighted by Gasteiger charge is -2.17. The van der Waals surface area contributed by atoms with E-state index in [9.17, 15) is 5.11 Å². The third-order valence-corrected chi connectivity index (χ3v) is 5.80. The van der Waals surface area contributed by atoms with Crippen LogP contribution in [0.1, 0.15) is 45.2 Å². The van der Waals surface area contributed by atoms with E-state index >= 15 is 0 Å². The molecule has 0 saturated heterocycles. The van der Waals surface area contributed by atoms with Crippen molar-refractivity contribution < 1.29 is 5.11 Å². The smallest absolute Gasteiger partial charge is 0.159 e. The predicted octanol–water partition coefficient (Wildman–Crippen LogP) is 6.28. The summed E-state index contributed by atoms with van der Waals surface area (Å²) in [6.45, 7) is 8.49. The molecule has 1 N–H and O–H groups in total. The summed E-state index contributed by atoms with van der Waals surface area (Å²) in [6, 6.07) is 18.4. The van der Waals surface area contributed by atoms with E-state index in [1.807, 2.05) is 23.0 Å². The Bertz CT molecular complexity index is 1190. The summed E-state index contributed by atoms with van der Waals surface area (Å²) in [4.78, 5) is 7.41. The molecule has 0 saturated carbocycles. The maximum Gasteiger partial charge on any atom is 0.159 e. The Morgan fingerprint density at radius 1 is 1.03 bits per heavy atom. The summed E-state index contributed by atoms with van der Waals surface area (Å²) >= 11 is 0. The summed E-state index contributed by atoms with van der Waals surface area (Å²) in [5, 5.41) is 15.4. The molecule has 0 spiro atoms. The molecule has 2 aromatic carbocycles. The fourth-order valence-corrected chi connectivity index (χ4v) is 4.07. The average Bonchev–Trinajstić information content (AvgIpc) is 3.22. The van der Waals surface area contributed by atoms with Gasteiger partial charge >= 0.3 is 0 Å². The molecule has 166 valence electrons. The Balaban J connectivity index is 1.80. The van der Waals surface area contributed by atoms with E-state index < -0.39 is 0 Å². The first-order chi connectivity index (χ1) is 15.5. The van der Waals surface area contributed by atoms with E-state index in [-0.39, 0.29) is 11.8 Å². The first kappa shape index (κ1) is 22.0. The van der Waals surface area contributed by atoms with Crippen LogP contribution in [0.15, 0.2) is 60.8 Å². The van der Waals surface area contributed by atoms with Crippen molar-refractivity contribution in [3.05, 3.63) is 66.4 Å². The number of rotatable bonds is 8. The monoisotopic (exact) mass is 428 g/mol. The van der Waals surface area contributed by atoms with Crippen molar-refractivity contribution in [3.63, 3.8) is 0 Å². The number of phenolic OH excluding ortho intramolecular Hbond substituents is 1. The third-order valence-electron chi connectivity index (χ3n) is 5.80. The lowest BCUT2D eigenvalue weighted by atomic mass is 9.99. The summed E-state index contributed by atoms with van der Waals surface area (Å²) in [6.07, 6.45) is 4.31. The van der Waals surface area contributed by atoms with E-state index in [1.54, 1.807) is 12.1 Å². The highest BCUT2D eigenvalue weighted by Gasteiger charge is 2.16. The van der Waals surface area contributed by atoms with Gasteiger partial charge < -0.3 is 10.0 Å². The molecule has 0 bridgehead atoms. The van der Waals surface area contributed by atoms with Crippen molar-refractivity contribution in [3.8, 4) is 28.1 Å². The molecule has 5 heteroatoms. The van der Waals surface area contributed by atoms with E-state index in [0.29, 0.717) is 0 Å². The van der Waals surface area contributed by atoms with Gasteiger partial charge in [0.1, 0.15) is 5.75 Å². The van der Waals surface area contributed by atoms with Gasteiger partial charge in [-0.25, -0.2) is 9.67 Å². The van der Waals surface area contributed by atoms with Crippen LogP contribution < -0.4 is 0 Å². The Morgan fingerprint density at radius 2 is 1.81 bits per heavy atom. The molecule has 2 aromatic heterocycles. The number of nitrogens with zero attached hydrogens (tertiary/aromatic N) is 4. The molecule has 5 nitrogen and oxygen atoms in total. The highest BCUT2D eigenvalue weighted by Crippen LogP contribution is 2.34. The van der Waals surface area contributed by atoms with Gasteiger partial charge in [-0.3, -0.25) is 0 Å².